The van der Waals surface area contributed by atoms with Gasteiger partial charge in [-0.2, -0.15) is 13.2 Å². The first kappa shape index (κ1) is 33.7. The first-order chi connectivity index (χ1) is 21.3. The van der Waals surface area contributed by atoms with E-state index in [1.807, 2.05) is 0 Å². The van der Waals surface area contributed by atoms with E-state index < -0.39 is 35.0 Å². The van der Waals surface area contributed by atoms with Crippen LogP contribution < -0.4 is 19.6 Å². The third-order valence-corrected chi connectivity index (χ3v) is 9.49. The van der Waals surface area contributed by atoms with E-state index in [-0.39, 0.29) is 28.1 Å². The summed E-state index contributed by atoms with van der Waals surface area (Å²) in [5.74, 6) is -0.885. The Hall–Kier alpha value is -2.61. The zero-order valence-electron chi connectivity index (χ0n) is 22.7. The standard InChI is InChI=1S/C30H18Br2Cl3F3N2O4S/c1-2-43-28(42)23-24(15-4-6-18(33)7-5-15)40-27(41)22(45-29(40)39-26(23)30(36,37)38)11-16-10-17(31)12-19(32)25(16)44-13-14-3-8-20(34)21(35)9-14/h3-12,24H,2,13H2,1H3/b22-11-/t24-/m1/s1. The van der Waals surface area contributed by atoms with E-state index in [0.29, 0.717) is 35.3 Å². The Balaban J connectivity index is 1.70. The molecular weight excluding hydrogens is 808 g/mol. The quantitative estimate of drug-likeness (QED) is 0.176. The van der Waals surface area contributed by atoms with Crippen LogP contribution in [0.4, 0.5) is 13.2 Å². The van der Waals surface area contributed by atoms with Crippen LogP contribution in [0.5, 0.6) is 5.75 Å². The molecule has 0 fully saturated rings. The van der Waals surface area contributed by atoms with E-state index in [2.05, 4.69) is 36.9 Å². The Morgan fingerprint density at radius 1 is 1.07 bits per heavy atom. The number of thiazole rings is 1. The zero-order chi connectivity index (χ0) is 32.6. The Morgan fingerprint density at radius 3 is 2.42 bits per heavy atom. The minimum atomic E-state index is -5.03. The molecule has 0 spiro atoms. The molecule has 0 bridgehead atoms. The van der Waals surface area contributed by atoms with Crippen LogP contribution in [0.1, 0.15) is 29.7 Å². The predicted octanol–water partition coefficient (Wildman–Crippen LogP) is 8.40. The molecule has 0 N–H and O–H groups in total. The molecule has 0 amide bonds. The van der Waals surface area contributed by atoms with Gasteiger partial charge in [0.1, 0.15) is 12.4 Å². The van der Waals surface area contributed by atoms with Crippen LogP contribution in [0.2, 0.25) is 15.1 Å². The van der Waals surface area contributed by atoms with Crippen molar-refractivity contribution in [1.29, 1.82) is 0 Å². The third kappa shape index (κ3) is 7.21. The molecule has 45 heavy (non-hydrogen) atoms. The fourth-order valence-electron chi connectivity index (χ4n) is 4.57. The summed E-state index contributed by atoms with van der Waals surface area (Å²) in [5.41, 5.74) is -1.55. The molecule has 0 saturated heterocycles. The van der Waals surface area contributed by atoms with Crippen molar-refractivity contribution in [2.75, 3.05) is 6.61 Å². The average Bonchev–Trinajstić information content (AvgIpc) is 3.28. The molecule has 1 atom stereocenters. The largest absolute Gasteiger partial charge is 0.487 e. The molecule has 1 aromatic heterocycles. The highest BCUT2D eigenvalue weighted by molar-refractivity contribution is 9.11. The van der Waals surface area contributed by atoms with Gasteiger partial charge < -0.3 is 9.47 Å². The lowest BCUT2D eigenvalue weighted by molar-refractivity contribution is -0.140. The maximum absolute atomic E-state index is 14.4. The van der Waals surface area contributed by atoms with E-state index >= 15 is 0 Å². The maximum atomic E-state index is 14.4. The minimum Gasteiger partial charge on any atom is -0.487 e. The number of fused-ring (bicyclic) bond motifs is 1. The second-order valence-corrected chi connectivity index (χ2v) is 13.5. The lowest BCUT2D eigenvalue weighted by Gasteiger charge is -2.26. The van der Waals surface area contributed by atoms with Crippen LogP contribution in [-0.2, 0) is 16.1 Å². The molecular formula is C30H18Br2Cl3F3N2O4S. The monoisotopic (exact) mass is 822 g/mol. The summed E-state index contributed by atoms with van der Waals surface area (Å²) in [7, 11) is 0. The number of hydrogen-bond donors (Lipinski definition) is 0. The molecule has 2 heterocycles. The van der Waals surface area contributed by atoms with Crippen LogP contribution in [0.15, 0.2) is 84.6 Å². The van der Waals surface area contributed by atoms with Crippen molar-refractivity contribution in [3.05, 3.63) is 126 Å². The van der Waals surface area contributed by atoms with Crippen LogP contribution in [0.25, 0.3) is 6.08 Å². The molecule has 5 rings (SSSR count). The third-order valence-electron chi connectivity index (χ3n) is 6.47. The average molecular weight is 826 g/mol. The molecule has 0 saturated carbocycles. The SMILES string of the molecule is CCOC(=O)C1=C(C(F)(F)F)N=c2s/c(=C\c3cc(Br)cc(Br)c3OCc3ccc(Cl)c(Cl)c3)c(=O)n2[C@@H]1c1ccc(Cl)cc1. The first-order valence-electron chi connectivity index (χ1n) is 12.9. The summed E-state index contributed by atoms with van der Waals surface area (Å²) in [4.78, 5) is 30.6. The molecule has 15 heteroatoms. The highest BCUT2D eigenvalue weighted by atomic mass is 79.9. The lowest BCUT2D eigenvalue weighted by atomic mass is 9.95. The Labute approximate surface area is 289 Å². The van der Waals surface area contributed by atoms with Crippen molar-refractivity contribution in [2.45, 2.75) is 25.7 Å². The highest BCUT2D eigenvalue weighted by Crippen LogP contribution is 2.39. The van der Waals surface area contributed by atoms with Gasteiger partial charge in [0, 0.05) is 15.1 Å². The lowest BCUT2D eigenvalue weighted by Crippen LogP contribution is -2.41. The number of carbonyl (C=O) groups excluding carboxylic acids is 1. The summed E-state index contributed by atoms with van der Waals surface area (Å²) in [6.45, 7) is 1.37. The van der Waals surface area contributed by atoms with Gasteiger partial charge in [-0.05, 0) is 76.5 Å². The van der Waals surface area contributed by atoms with Gasteiger partial charge in [-0.25, -0.2) is 9.79 Å². The molecule has 0 radical (unpaired) electrons. The van der Waals surface area contributed by atoms with Crippen LogP contribution in [0, 0.1) is 0 Å². The molecule has 3 aromatic carbocycles. The molecule has 4 aromatic rings. The Bertz CT molecular complexity index is 2030. The first-order valence-corrected chi connectivity index (χ1v) is 16.4. The number of halogens is 8. The van der Waals surface area contributed by atoms with E-state index in [4.69, 9.17) is 44.3 Å². The van der Waals surface area contributed by atoms with Gasteiger partial charge in [-0.1, -0.05) is 80.3 Å². The van der Waals surface area contributed by atoms with Gasteiger partial charge in [0.2, 0.25) is 0 Å². The smallest absolute Gasteiger partial charge is 0.434 e. The summed E-state index contributed by atoms with van der Waals surface area (Å²) < 4.78 is 56.6. The number of ether oxygens (including phenoxy) is 2. The van der Waals surface area contributed by atoms with Crippen molar-refractivity contribution in [1.82, 2.24) is 4.57 Å². The Kier molecular flexibility index (Phi) is 10.2. The molecule has 0 aliphatic carbocycles. The van der Waals surface area contributed by atoms with Crippen molar-refractivity contribution < 1.29 is 27.4 Å². The van der Waals surface area contributed by atoms with Gasteiger partial charge in [-0.15, -0.1) is 0 Å². The number of aromatic nitrogens is 1. The zero-order valence-corrected chi connectivity index (χ0v) is 29.0. The van der Waals surface area contributed by atoms with Gasteiger partial charge in [-0.3, -0.25) is 9.36 Å². The summed E-state index contributed by atoms with van der Waals surface area (Å²) in [5, 5.41) is 1.06. The number of allylic oxidation sites excluding steroid dienone is 1. The number of carbonyl (C=O) groups is 1. The molecule has 1 aliphatic heterocycles. The molecule has 234 valence electrons. The van der Waals surface area contributed by atoms with Crippen LogP contribution in [-0.4, -0.2) is 23.3 Å². The van der Waals surface area contributed by atoms with E-state index in [9.17, 15) is 22.8 Å². The van der Waals surface area contributed by atoms with Crippen LogP contribution in [0.3, 0.4) is 0 Å². The number of benzene rings is 3. The van der Waals surface area contributed by atoms with E-state index in [0.717, 1.165) is 21.5 Å². The van der Waals surface area contributed by atoms with Gasteiger partial charge in [0.05, 0.1) is 37.3 Å². The normalized spacial score (nSPS) is 15.1. The van der Waals surface area contributed by atoms with Crippen molar-refractivity contribution >= 4 is 90.0 Å². The van der Waals surface area contributed by atoms with Gasteiger partial charge >= 0.3 is 12.1 Å². The maximum Gasteiger partial charge on any atom is 0.434 e. The highest BCUT2D eigenvalue weighted by Gasteiger charge is 2.45. The van der Waals surface area contributed by atoms with Gasteiger partial charge in [0.15, 0.2) is 10.5 Å². The molecule has 0 unspecified atom stereocenters. The van der Waals surface area contributed by atoms with E-state index in [1.54, 1.807) is 30.3 Å². The fourth-order valence-corrected chi connectivity index (χ4v) is 7.38. The number of esters is 1. The Morgan fingerprint density at radius 2 is 1.78 bits per heavy atom. The van der Waals surface area contributed by atoms with Gasteiger partial charge in [0.25, 0.3) is 5.56 Å². The number of alkyl halides is 3. The predicted molar refractivity (Wildman–Crippen MR) is 175 cm³/mol. The minimum absolute atomic E-state index is 0.0451. The summed E-state index contributed by atoms with van der Waals surface area (Å²) in [6, 6.07) is 12.8. The summed E-state index contributed by atoms with van der Waals surface area (Å²) >= 11 is 25.9. The second kappa shape index (κ2) is 13.6. The fraction of sp³-hybridized carbons (Fsp3) is 0.167. The van der Waals surface area contributed by atoms with Crippen molar-refractivity contribution in [3.8, 4) is 5.75 Å². The van der Waals surface area contributed by atoms with E-state index in [1.165, 1.54) is 37.3 Å². The van der Waals surface area contributed by atoms with Crippen molar-refractivity contribution in [3.63, 3.8) is 0 Å². The second-order valence-electron chi connectivity index (χ2n) is 9.46. The number of hydrogen-bond acceptors (Lipinski definition) is 6. The number of rotatable bonds is 7. The molecule has 6 nitrogen and oxygen atoms in total. The van der Waals surface area contributed by atoms with Crippen molar-refractivity contribution in [2.24, 2.45) is 4.99 Å². The topological polar surface area (TPSA) is 69.9 Å². The number of nitrogens with zero attached hydrogens (tertiary/aromatic N) is 2. The molecule has 1 aliphatic rings. The van der Waals surface area contributed by atoms with Crippen LogP contribution >= 0.6 is 78.0 Å². The summed E-state index contributed by atoms with van der Waals surface area (Å²) in [6.07, 6.45) is -3.54.